The average Bonchev–Trinajstić information content (AvgIpc) is 1.98. The topological polar surface area (TPSA) is 95.7 Å². The van der Waals surface area contributed by atoms with Crippen molar-refractivity contribution in [3.63, 3.8) is 0 Å². The maximum Gasteiger partial charge on any atom is 0.322 e. The first-order valence-corrected chi connectivity index (χ1v) is 3.83. The highest BCUT2D eigenvalue weighted by molar-refractivity contribution is 5.85. The Labute approximate surface area is 76.7 Å². The normalized spacial score (nSPS) is 12.6. The molecule has 4 N–H and O–H groups in total. The summed E-state index contributed by atoms with van der Waals surface area (Å²) < 4.78 is 0. The van der Waals surface area contributed by atoms with Crippen LogP contribution in [0.2, 0.25) is 0 Å². The molecule has 0 fully saturated rings. The Hall–Kier alpha value is -1.14. The summed E-state index contributed by atoms with van der Waals surface area (Å²) in [5.41, 5.74) is 5.46. The standard InChI is InChI=1S/C7H15N3O3/c1-10(2)4-5(8)7(13)9-3-6(11)12/h5H,3-4,8H2,1-2H3,(H,9,13)(H,11,12). The molecule has 0 aliphatic rings. The van der Waals surface area contributed by atoms with E-state index in [1.807, 2.05) is 0 Å². The van der Waals surface area contributed by atoms with Crippen LogP contribution in [-0.4, -0.2) is 55.1 Å². The molecule has 0 saturated carbocycles. The number of likely N-dealkylation sites (N-methyl/N-ethyl adjacent to an activating group) is 1. The summed E-state index contributed by atoms with van der Waals surface area (Å²) in [6.45, 7) is 0.00537. The zero-order valence-corrected chi connectivity index (χ0v) is 7.78. The molecule has 0 aliphatic carbocycles. The zero-order valence-electron chi connectivity index (χ0n) is 7.78. The van der Waals surface area contributed by atoms with Crippen molar-refractivity contribution in [1.82, 2.24) is 10.2 Å². The minimum Gasteiger partial charge on any atom is -0.480 e. The molecule has 1 atom stereocenters. The van der Waals surface area contributed by atoms with Crippen LogP contribution in [-0.2, 0) is 9.59 Å². The molecule has 0 bridgehead atoms. The number of carboxylic acids is 1. The van der Waals surface area contributed by atoms with Gasteiger partial charge >= 0.3 is 5.97 Å². The number of carbonyl (C=O) groups excluding carboxylic acids is 1. The van der Waals surface area contributed by atoms with Crippen molar-refractivity contribution in [2.45, 2.75) is 6.04 Å². The van der Waals surface area contributed by atoms with Crippen LogP contribution < -0.4 is 11.1 Å². The molecule has 6 nitrogen and oxygen atoms in total. The molecule has 0 radical (unpaired) electrons. The molecule has 0 saturated heterocycles. The van der Waals surface area contributed by atoms with Gasteiger partial charge in [-0.3, -0.25) is 9.59 Å². The van der Waals surface area contributed by atoms with Gasteiger partial charge in [0.1, 0.15) is 6.54 Å². The second-order valence-electron chi connectivity index (χ2n) is 2.98. The number of nitrogens with one attached hydrogen (secondary N) is 1. The molecule has 0 aromatic rings. The number of nitrogens with two attached hydrogens (primary N) is 1. The maximum atomic E-state index is 11.1. The maximum absolute atomic E-state index is 11.1. The van der Waals surface area contributed by atoms with Crippen LogP contribution >= 0.6 is 0 Å². The van der Waals surface area contributed by atoms with Crippen LogP contribution in [0, 0.1) is 0 Å². The molecule has 1 amide bonds. The molecule has 0 spiro atoms. The van der Waals surface area contributed by atoms with Gasteiger partial charge in [-0.2, -0.15) is 0 Å². The number of hydrogen-bond acceptors (Lipinski definition) is 4. The number of carbonyl (C=O) groups is 2. The number of aliphatic carboxylic acids is 1. The lowest BCUT2D eigenvalue weighted by molar-refractivity contribution is -0.138. The van der Waals surface area contributed by atoms with Crippen LogP contribution in [0.5, 0.6) is 0 Å². The van der Waals surface area contributed by atoms with Crippen molar-refractivity contribution < 1.29 is 14.7 Å². The van der Waals surface area contributed by atoms with Crippen LogP contribution in [0.25, 0.3) is 0 Å². The molecule has 0 heterocycles. The molecule has 0 aromatic heterocycles. The van der Waals surface area contributed by atoms with E-state index >= 15 is 0 Å². The molecule has 76 valence electrons. The summed E-state index contributed by atoms with van der Waals surface area (Å²) in [6, 6.07) is -0.686. The van der Waals surface area contributed by atoms with Gasteiger partial charge in [0, 0.05) is 6.54 Å². The van der Waals surface area contributed by atoms with Gasteiger partial charge in [-0.15, -0.1) is 0 Å². The second kappa shape index (κ2) is 5.50. The summed E-state index contributed by atoms with van der Waals surface area (Å²) in [4.78, 5) is 22.9. The molecular weight excluding hydrogens is 174 g/mol. The van der Waals surface area contributed by atoms with Gasteiger partial charge in [-0.1, -0.05) is 0 Å². The number of amides is 1. The van der Waals surface area contributed by atoms with Crippen molar-refractivity contribution in [3.8, 4) is 0 Å². The van der Waals surface area contributed by atoms with Gasteiger partial charge in [0.25, 0.3) is 0 Å². The fourth-order valence-electron chi connectivity index (χ4n) is 0.770. The highest BCUT2D eigenvalue weighted by Gasteiger charge is 2.14. The third-order valence-corrected chi connectivity index (χ3v) is 1.31. The van der Waals surface area contributed by atoms with Gasteiger partial charge in [0.15, 0.2) is 0 Å². The van der Waals surface area contributed by atoms with E-state index in [1.165, 1.54) is 0 Å². The van der Waals surface area contributed by atoms with E-state index in [2.05, 4.69) is 5.32 Å². The lowest BCUT2D eigenvalue weighted by atomic mass is 10.3. The number of carboxylic acid groups (broad SMARTS) is 1. The molecule has 0 aliphatic heterocycles. The molecule has 1 unspecified atom stereocenters. The first kappa shape index (κ1) is 11.9. The van der Waals surface area contributed by atoms with E-state index in [9.17, 15) is 9.59 Å². The van der Waals surface area contributed by atoms with Gasteiger partial charge in [-0.25, -0.2) is 0 Å². The van der Waals surface area contributed by atoms with E-state index in [0.29, 0.717) is 6.54 Å². The minimum atomic E-state index is -1.08. The van der Waals surface area contributed by atoms with Gasteiger partial charge in [-0.05, 0) is 14.1 Å². The summed E-state index contributed by atoms with van der Waals surface area (Å²) in [6.07, 6.45) is 0. The SMILES string of the molecule is CN(C)CC(N)C(=O)NCC(=O)O. The molecule has 6 heteroatoms. The summed E-state index contributed by atoms with van der Waals surface area (Å²) in [5, 5.41) is 10.5. The fourth-order valence-corrected chi connectivity index (χ4v) is 0.770. The van der Waals surface area contributed by atoms with Crippen molar-refractivity contribution in [3.05, 3.63) is 0 Å². The molecule has 0 aromatic carbocycles. The lowest BCUT2D eigenvalue weighted by Crippen LogP contribution is -2.47. The fraction of sp³-hybridized carbons (Fsp3) is 0.714. The van der Waals surface area contributed by atoms with Crippen LogP contribution in [0.15, 0.2) is 0 Å². The van der Waals surface area contributed by atoms with Gasteiger partial charge in [0.2, 0.25) is 5.91 Å². The summed E-state index contributed by atoms with van der Waals surface area (Å²) in [5.74, 6) is -1.53. The Bertz CT molecular complexity index is 193. The Morgan fingerprint density at radius 2 is 2.08 bits per heavy atom. The average molecular weight is 189 g/mol. The van der Waals surface area contributed by atoms with Crippen LogP contribution in [0.1, 0.15) is 0 Å². The van der Waals surface area contributed by atoms with Gasteiger partial charge < -0.3 is 21.1 Å². The van der Waals surface area contributed by atoms with Crippen LogP contribution in [0.4, 0.5) is 0 Å². The highest BCUT2D eigenvalue weighted by Crippen LogP contribution is 1.82. The molecule has 0 rings (SSSR count). The predicted molar refractivity (Wildman–Crippen MR) is 47.2 cm³/mol. The first-order chi connectivity index (χ1) is 5.93. The van der Waals surface area contributed by atoms with Crippen molar-refractivity contribution in [1.29, 1.82) is 0 Å². The lowest BCUT2D eigenvalue weighted by Gasteiger charge is -2.15. The number of nitrogens with zero attached hydrogens (tertiary/aromatic N) is 1. The zero-order chi connectivity index (χ0) is 10.4. The van der Waals surface area contributed by atoms with Crippen molar-refractivity contribution in [2.24, 2.45) is 5.73 Å². The van der Waals surface area contributed by atoms with E-state index in [-0.39, 0.29) is 6.54 Å². The third-order valence-electron chi connectivity index (χ3n) is 1.31. The third kappa shape index (κ3) is 6.06. The molecule has 13 heavy (non-hydrogen) atoms. The second-order valence-corrected chi connectivity index (χ2v) is 2.98. The Balaban J connectivity index is 3.76. The van der Waals surface area contributed by atoms with Crippen LogP contribution in [0.3, 0.4) is 0 Å². The monoisotopic (exact) mass is 189 g/mol. The predicted octanol–water partition coefficient (Wildman–Crippen LogP) is -1.92. The smallest absolute Gasteiger partial charge is 0.322 e. The highest BCUT2D eigenvalue weighted by atomic mass is 16.4. The van der Waals surface area contributed by atoms with Crippen molar-refractivity contribution in [2.75, 3.05) is 27.2 Å². The number of hydrogen-bond donors (Lipinski definition) is 3. The largest absolute Gasteiger partial charge is 0.480 e. The van der Waals surface area contributed by atoms with E-state index < -0.39 is 17.9 Å². The summed E-state index contributed by atoms with van der Waals surface area (Å²) in [7, 11) is 3.56. The molecular formula is C7H15N3O3. The van der Waals surface area contributed by atoms with E-state index in [1.54, 1.807) is 19.0 Å². The van der Waals surface area contributed by atoms with Crippen molar-refractivity contribution >= 4 is 11.9 Å². The number of rotatable bonds is 5. The summed E-state index contributed by atoms with van der Waals surface area (Å²) >= 11 is 0. The minimum absolute atomic E-state index is 0.389. The Kier molecular flexibility index (Phi) is 5.01. The van der Waals surface area contributed by atoms with Gasteiger partial charge in [0.05, 0.1) is 6.04 Å². The quantitative estimate of drug-likeness (QED) is 0.468. The van der Waals surface area contributed by atoms with E-state index in [0.717, 1.165) is 0 Å². The Morgan fingerprint density at radius 3 is 2.46 bits per heavy atom. The first-order valence-electron chi connectivity index (χ1n) is 3.83. The van der Waals surface area contributed by atoms with E-state index in [4.69, 9.17) is 10.8 Å². The Morgan fingerprint density at radius 1 is 1.54 bits per heavy atom.